The van der Waals surface area contributed by atoms with Crippen molar-refractivity contribution in [2.75, 3.05) is 0 Å². The van der Waals surface area contributed by atoms with Gasteiger partial charge in [0.05, 0.1) is 0 Å². The summed E-state index contributed by atoms with van der Waals surface area (Å²) in [6.07, 6.45) is 0. The van der Waals surface area contributed by atoms with Crippen LogP contribution in [-0.2, 0) is 0 Å². The molecule has 1 heteroatoms. The summed E-state index contributed by atoms with van der Waals surface area (Å²) in [6.45, 7) is 0. The van der Waals surface area contributed by atoms with E-state index in [2.05, 4.69) is 126 Å². The third kappa shape index (κ3) is 2.86. The Hall–Kier alpha value is -4.36. The predicted octanol–water partition coefficient (Wildman–Crippen LogP) is 8.96. The van der Waals surface area contributed by atoms with Gasteiger partial charge in [0.2, 0.25) is 0 Å². The van der Waals surface area contributed by atoms with Crippen LogP contribution >= 0.6 is 0 Å². The number of hydrogen-bond acceptors (Lipinski definition) is 0. The van der Waals surface area contributed by atoms with Gasteiger partial charge in [-0.2, -0.15) is 0 Å². The average molecular weight is 420 g/mol. The molecule has 7 aromatic rings. The number of benzene rings is 6. The zero-order chi connectivity index (χ0) is 21.8. The Morgan fingerprint density at radius 2 is 0.939 bits per heavy atom. The standard InChI is InChI=1S/C32H21N/c1-3-11-25-21(7-1)9-5-13-27(25)23-16-18-31-30(19-23)29-17-15-24(20-32(29)33-31)28-14-6-10-22-8-2-4-12-26(22)28/h1-20,33H. The molecule has 0 saturated heterocycles. The fraction of sp³-hybridized carbons (Fsp3) is 0. The van der Waals surface area contributed by atoms with Gasteiger partial charge in [0.1, 0.15) is 0 Å². The van der Waals surface area contributed by atoms with Gasteiger partial charge in [-0.3, -0.25) is 0 Å². The van der Waals surface area contributed by atoms with Crippen LogP contribution in [0.25, 0.3) is 65.6 Å². The molecule has 7 rings (SSSR count). The fourth-order valence-electron chi connectivity index (χ4n) is 5.19. The molecule has 154 valence electrons. The van der Waals surface area contributed by atoms with E-state index >= 15 is 0 Å². The van der Waals surface area contributed by atoms with E-state index in [-0.39, 0.29) is 0 Å². The summed E-state index contributed by atoms with van der Waals surface area (Å²) in [6, 6.07) is 43.8. The van der Waals surface area contributed by atoms with Crippen LogP contribution in [0.5, 0.6) is 0 Å². The zero-order valence-corrected chi connectivity index (χ0v) is 18.0. The smallest absolute Gasteiger partial charge is 0.0471 e. The van der Waals surface area contributed by atoms with E-state index in [4.69, 9.17) is 0 Å². The summed E-state index contributed by atoms with van der Waals surface area (Å²) < 4.78 is 0. The molecule has 1 nitrogen and oxygen atoms in total. The van der Waals surface area contributed by atoms with Gasteiger partial charge in [0.15, 0.2) is 0 Å². The van der Waals surface area contributed by atoms with Gasteiger partial charge >= 0.3 is 0 Å². The van der Waals surface area contributed by atoms with Crippen LogP contribution in [0.2, 0.25) is 0 Å². The lowest BCUT2D eigenvalue weighted by Crippen LogP contribution is -1.82. The van der Waals surface area contributed by atoms with Crippen molar-refractivity contribution >= 4 is 43.4 Å². The minimum Gasteiger partial charge on any atom is -0.354 e. The Kier molecular flexibility index (Phi) is 3.91. The van der Waals surface area contributed by atoms with Crippen molar-refractivity contribution in [3.8, 4) is 22.3 Å². The number of nitrogens with one attached hydrogen (secondary N) is 1. The van der Waals surface area contributed by atoms with E-state index in [0.717, 1.165) is 0 Å². The highest BCUT2D eigenvalue weighted by Gasteiger charge is 2.10. The summed E-state index contributed by atoms with van der Waals surface area (Å²) in [5.41, 5.74) is 7.37. The summed E-state index contributed by atoms with van der Waals surface area (Å²) in [7, 11) is 0. The first-order chi connectivity index (χ1) is 16.3. The Morgan fingerprint density at radius 3 is 1.64 bits per heavy atom. The minimum absolute atomic E-state index is 1.17. The van der Waals surface area contributed by atoms with Gasteiger partial charge in [-0.1, -0.05) is 103 Å². The topological polar surface area (TPSA) is 15.8 Å². The highest BCUT2D eigenvalue weighted by atomic mass is 14.7. The molecule has 0 unspecified atom stereocenters. The van der Waals surface area contributed by atoms with Gasteiger partial charge in [-0.05, 0) is 62.0 Å². The monoisotopic (exact) mass is 419 g/mol. The molecule has 1 aromatic heterocycles. The first kappa shape index (κ1) is 18.2. The van der Waals surface area contributed by atoms with E-state index in [1.807, 2.05) is 0 Å². The molecule has 33 heavy (non-hydrogen) atoms. The number of aromatic amines is 1. The van der Waals surface area contributed by atoms with Crippen molar-refractivity contribution in [2.45, 2.75) is 0 Å². The van der Waals surface area contributed by atoms with E-state index in [1.165, 1.54) is 65.6 Å². The van der Waals surface area contributed by atoms with Gasteiger partial charge in [0, 0.05) is 21.8 Å². The van der Waals surface area contributed by atoms with Crippen LogP contribution in [0.4, 0.5) is 0 Å². The second kappa shape index (κ2) is 7.08. The Balaban J connectivity index is 1.41. The fourth-order valence-corrected chi connectivity index (χ4v) is 5.19. The summed E-state index contributed by atoms with van der Waals surface area (Å²) in [5.74, 6) is 0. The number of aromatic nitrogens is 1. The molecule has 0 aliphatic carbocycles. The van der Waals surface area contributed by atoms with Crippen LogP contribution in [0.3, 0.4) is 0 Å². The van der Waals surface area contributed by atoms with Crippen LogP contribution in [0.1, 0.15) is 0 Å². The summed E-state index contributed by atoms with van der Waals surface area (Å²) in [4.78, 5) is 3.65. The summed E-state index contributed by atoms with van der Waals surface area (Å²) >= 11 is 0. The molecule has 0 amide bonds. The van der Waals surface area contributed by atoms with E-state index in [1.54, 1.807) is 0 Å². The van der Waals surface area contributed by atoms with Crippen molar-refractivity contribution in [3.05, 3.63) is 121 Å². The van der Waals surface area contributed by atoms with Crippen molar-refractivity contribution in [1.29, 1.82) is 0 Å². The molecule has 0 aliphatic heterocycles. The number of hydrogen-bond donors (Lipinski definition) is 1. The molecule has 1 N–H and O–H groups in total. The third-order valence-corrected chi connectivity index (χ3v) is 6.80. The van der Waals surface area contributed by atoms with Crippen LogP contribution in [-0.4, -0.2) is 4.98 Å². The molecular formula is C32H21N. The van der Waals surface area contributed by atoms with E-state index < -0.39 is 0 Å². The predicted molar refractivity (Wildman–Crippen MR) is 142 cm³/mol. The van der Waals surface area contributed by atoms with Crippen molar-refractivity contribution in [3.63, 3.8) is 0 Å². The van der Waals surface area contributed by atoms with Gasteiger partial charge in [0.25, 0.3) is 0 Å². The average Bonchev–Trinajstić information content (AvgIpc) is 3.25. The maximum absolute atomic E-state index is 3.65. The zero-order valence-electron chi connectivity index (χ0n) is 18.0. The SMILES string of the molecule is c1ccc2c(-c3ccc4c(c3)[nH]c3ccc(-c5cccc6ccccc56)cc34)cccc2c1. The molecule has 0 fully saturated rings. The maximum Gasteiger partial charge on any atom is 0.0471 e. The number of H-pyrrole nitrogens is 1. The molecule has 6 aromatic carbocycles. The van der Waals surface area contributed by atoms with Crippen molar-refractivity contribution in [1.82, 2.24) is 4.98 Å². The molecule has 0 aliphatic rings. The molecule has 1 heterocycles. The summed E-state index contributed by atoms with van der Waals surface area (Å²) in [5, 5.41) is 7.64. The lowest BCUT2D eigenvalue weighted by atomic mass is 9.96. The number of rotatable bonds is 2. The second-order valence-corrected chi connectivity index (χ2v) is 8.70. The highest BCUT2D eigenvalue weighted by Crippen LogP contribution is 2.36. The number of fused-ring (bicyclic) bond motifs is 5. The van der Waals surface area contributed by atoms with E-state index in [0.29, 0.717) is 0 Å². The third-order valence-electron chi connectivity index (χ3n) is 6.80. The van der Waals surface area contributed by atoms with Crippen molar-refractivity contribution in [2.24, 2.45) is 0 Å². The Labute approximate surface area is 191 Å². The first-order valence-corrected chi connectivity index (χ1v) is 11.4. The minimum atomic E-state index is 1.17. The maximum atomic E-state index is 3.65. The lowest BCUT2D eigenvalue weighted by molar-refractivity contribution is 1.54. The quantitative estimate of drug-likeness (QED) is 0.288. The normalized spacial score (nSPS) is 11.6. The van der Waals surface area contributed by atoms with Crippen LogP contribution in [0, 0.1) is 0 Å². The largest absolute Gasteiger partial charge is 0.354 e. The van der Waals surface area contributed by atoms with Gasteiger partial charge in [-0.25, -0.2) is 0 Å². The molecule has 0 bridgehead atoms. The van der Waals surface area contributed by atoms with E-state index in [9.17, 15) is 0 Å². The highest BCUT2D eigenvalue weighted by molar-refractivity contribution is 6.11. The molecule has 0 atom stereocenters. The lowest BCUT2D eigenvalue weighted by Gasteiger charge is -2.08. The first-order valence-electron chi connectivity index (χ1n) is 11.4. The van der Waals surface area contributed by atoms with Gasteiger partial charge in [-0.15, -0.1) is 0 Å². The van der Waals surface area contributed by atoms with Crippen molar-refractivity contribution < 1.29 is 0 Å². The Bertz CT molecular complexity index is 1810. The molecule has 0 spiro atoms. The molecule has 0 saturated carbocycles. The van der Waals surface area contributed by atoms with Gasteiger partial charge < -0.3 is 4.98 Å². The van der Waals surface area contributed by atoms with Crippen LogP contribution in [0.15, 0.2) is 121 Å². The van der Waals surface area contributed by atoms with Crippen LogP contribution < -0.4 is 0 Å². The Morgan fingerprint density at radius 1 is 0.364 bits per heavy atom. The molecule has 0 radical (unpaired) electrons. The molecular weight excluding hydrogens is 398 g/mol. The second-order valence-electron chi connectivity index (χ2n) is 8.70.